The average molecular weight is 257 g/mol. The van der Waals surface area contributed by atoms with Gasteiger partial charge in [0.25, 0.3) is 0 Å². The summed E-state index contributed by atoms with van der Waals surface area (Å²) in [5.41, 5.74) is 0.955. The molecule has 4 heteroatoms. The summed E-state index contributed by atoms with van der Waals surface area (Å²) in [5.74, 6) is 0.813. The highest BCUT2D eigenvalue weighted by atomic mass is 19.3. The second-order valence-electron chi connectivity index (χ2n) is 4.59. The standard InChI is InChI=1S/C14H21F2NO/c1-4-10(2)9-17-11(3)12-6-5-7-13(8-12)18-14(15)16/h5-8,10-11,14,17H,4,9H2,1-3H3. The SMILES string of the molecule is CCC(C)CNC(C)c1cccc(OC(F)F)c1. The lowest BCUT2D eigenvalue weighted by atomic mass is 10.1. The molecule has 102 valence electrons. The van der Waals surface area contributed by atoms with Crippen LogP contribution in [-0.4, -0.2) is 13.2 Å². The molecule has 1 aromatic carbocycles. The molecule has 0 radical (unpaired) electrons. The highest BCUT2D eigenvalue weighted by molar-refractivity contribution is 5.30. The van der Waals surface area contributed by atoms with Gasteiger partial charge in [0.2, 0.25) is 0 Å². The maximum absolute atomic E-state index is 12.1. The summed E-state index contributed by atoms with van der Waals surface area (Å²) in [5, 5.41) is 3.39. The fourth-order valence-corrected chi connectivity index (χ4v) is 1.60. The second kappa shape index (κ2) is 7.31. The fraction of sp³-hybridized carbons (Fsp3) is 0.571. The monoisotopic (exact) mass is 257 g/mol. The van der Waals surface area contributed by atoms with Crippen LogP contribution in [0.3, 0.4) is 0 Å². The van der Waals surface area contributed by atoms with Crippen LogP contribution in [0.15, 0.2) is 24.3 Å². The van der Waals surface area contributed by atoms with Gasteiger partial charge in [0.1, 0.15) is 5.75 Å². The van der Waals surface area contributed by atoms with Crippen LogP contribution in [0, 0.1) is 5.92 Å². The number of hydrogen-bond acceptors (Lipinski definition) is 2. The second-order valence-corrected chi connectivity index (χ2v) is 4.59. The first-order valence-electron chi connectivity index (χ1n) is 6.31. The van der Waals surface area contributed by atoms with Crippen LogP contribution in [0.1, 0.15) is 38.8 Å². The first-order valence-corrected chi connectivity index (χ1v) is 6.31. The van der Waals surface area contributed by atoms with Crippen molar-refractivity contribution in [3.8, 4) is 5.75 Å². The lowest BCUT2D eigenvalue weighted by molar-refractivity contribution is -0.0499. The third-order valence-corrected chi connectivity index (χ3v) is 3.05. The molecule has 1 rings (SSSR count). The molecule has 2 unspecified atom stereocenters. The van der Waals surface area contributed by atoms with Crippen LogP contribution in [0.4, 0.5) is 8.78 Å². The molecule has 2 atom stereocenters. The van der Waals surface area contributed by atoms with E-state index in [1.165, 1.54) is 6.07 Å². The Kier molecular flexibility index (Phi) is 6.05. The highest BCUT2D eigenvalue weighted by Gasteiger charge is 2.09. The van der Waals surface area contributed by atoms with Crippen molar-refractivity contribution < 1.29 is 13.5 Å². The molecule has 0 fully saturated rings. The highest BCUT2D eigenvalue weighted by Crippen LogP contribution is 2.20. The average Bonchev–Trinajstić information content (AvgIpc) is 2.35. The van der Waals surface area contributed by atoms with E-state index in [1.54, 1.807) is 12.1 Å². The Hall–Kier alpha value is -1.16. The van der Waals surface area contributed by atoms with E-state index >= 15 is 0 Å². The smallest absolute Gasteiger partial charge is 0.387 e. The van der Waals surface area contributed by atoms with Crippen molar-refractivity contribution >= 4 is 0 Å². The fourth-order valence-electron chi connectivity index (χ4n) is 1.60. The molecule has 0 spiro atoms. The quantitative estimate of drug-likeness (QED) is 0.797. The molecule has 18 heavy (non-hydrogen) atoms. The number of rotatable bonds is 7. The van der Waals surface area contributed by atoms with Gasteiger partial charge in [-0.2, -0.15) is 8.78 Å². The van der Waals surface area contributed by atoms with Crippen LogP contribution in [0.5, 0.6) is 5.75 Å². The van der Waals surface area contributed by atoms with Gasteiger partial charge < -0.3 is 10.1 Å². The molecule has 0 saturated heterocycles. The van der Waals surface area contributed by atoms with Crippen LogP contribution in [0.2, 0.25) is 0 Å². The normalized spacial score (nSPS) is 14.6. The molecule has 0 amide bonds. The third kappa shape index (κ3) is 5.00. The molecule has 0 bridgehead atoms. The van der Waals surface area contributed by atoms with E-state index in [-0.39, 0.29) is 11.8 Å². The first-order chi connectivity index (χ1) is 8.52. The molecule has 0 aliphatic rings. The number of benzene rings is 1. The van der Waals surface area contributed by atoms with Crippen molar-refractivity contribution in [3.05, 3.63) is 29.8 Å². The predicted octanol–water partition coefficient (Wildman–Crippen LogP) is 3.98. The van der Waals surface area contributed by atoms with Gasteiger partial charge in [-0.25, -0.2) is 0 Å². The molecule has 0 aliphatic carbocycles. The lowest BCUT2D eigenvalue weighted by Crippen LogP contribution is -2.24. The Bertz CT molecular complexity index is 357. The van der Waals surface area contributed by atoms with Gasteiger partial charge in [0.15, 0.2) is 0 Å². The third-order valence-electron chi connectivity index (χ3n) is 3.05. The minimum absolute atomic E-state index is 0.125. The maximum atomic E-state index is 12.1. The Morgan fingerprint density at radius 3 is 2.61 bits per heavy atom. The summed E-state index contributed by atoms with van der Waals surface area (Å²) in [6.07, 6.45) is 1.12. The van der Waals surface area contributed by atoms with E-state index in [0.29, 0.717) is 5.92 Å². The Morgan fingerprint density at radius 2 is 2.00 bits per heavy atom. The molecule has 0 saturated carbocycles. The lowest BCUT2D eigenvalue weighted by Gasteiger charge is -2.18. The molecule has 0 aromatic heterocycles. The van der Waals surface area contributed by atoms with Gasteiger partial charge in [-0.15, -0.1) is 0 Å². The summed E-state index contributed by atoms with van der Waals surface area (Å²) < 4.78 is 28.6. The van der Waals surface area contributed by atoms with E-state index in [9.17, 15) is 8.78 Å². The number of ether oxygens (including phenoxy) is 1. The van der Waals surface area contributed by atoms with Crippen LogP contribution < -0.4 is 10.1 Å². The number of alkyl halides is 2. The van der Waals surface area contributed by atoms with Gasteiger partial charge in [-0.3, -0.25) is 0 Å². The van der Waals surface area contributed by atoms with E-state index in [4.69, 9.17) is 0 Å². The molecule has 2 nitrogen and oxygen atoms in total. The molecule has 1 aromatic rings. The van der Waals surface area contributed by atoms with Crippen LogP contribution >= 0.6 is 0 Å². The largest absolute Gasteiger partial charge is 0.435 e. The Balaban J connectivity index is 2.59. The first kappa shape index (κ1) is 14.9. The van der Waals surface area contributed by atoms with E-state index < -0.39 is 6.61 Å². The van der Waals surface area contributed by atoms with Crippen molar-refractivity contribution in [1.29, 1.82) is 0 Å². The number of hydrogen-bond donors (Lipinski definition) is 1. The summed E-state index contributed by atoms with van der Waals surface area (Å²) in [6.45, 7) is 4.48. The van der Waals surface area contributed by atoms with Crippen LogP contribution in [-0.2, 0) is 0 Å². The van der Waals surface area contributed by atoms with E-state index in [2.05, 4.69) is 23.9 Å². The molecule has 1 N–H and O–H groups in total. The zero-order valence-electron chi connectivity index (χ0n) is 11.1. The zero-order valence-corrected chi connectivity index (χ0v) is 11.1. The number of halogens is 2. The minimum atomic E-state index is -2.77. The summed E-state index contributed by atoms with van der Waals surface area (Å²) >= 11 is 0. The van der Waals surface area contributed by atoms with Crippen molar-refractivity contribution in [1.82, 2.24) is 5.32 Å². The minimum Gasteiger partial charge on any atom is -0.435 e. The number of nitrogens with one attached hydrogen (secondary N) is 1. The maximum Gasteiger partial charge on any atom is 0.387 e. The molecule has 0 heterocycles. The summed E-state index contributed by atoms with van der Waals surface area (Å²) in [7, 11) is 0. The Morgan fingerprint density at radius 1 is 1.28 bits per heavy atom. The van der Waals surface area contributed by atoms with E-state index in [0.717, 1.165) is 18.5 Å². The summed E-state index contributed by atoms with van der Waals surface area (Å²) in [6, 6.07) is 6.96. The van der Waals surface area contributed by atoms with Gasteiger partial charge >= 0.3 is 6.61 Å². The van der Waals surface area contributed by atoms with Gasteiger partial charge in [0, 0.05) is 6.04 Å². The van der Waals surface area contributed by atoms with Crippen molar-refractivity contribution in [3.63, 3.8) is 0 Å². The molecular formula is C14H21F2NO. The zero-order chi connectivity index (χ0) is 13.5. The van der Waals surface area contributed by atoms with Crippen molar-refractivity contribution in [2.45, 2.75) is 39.8 Å². The predicted molar refractivity (Wildman–Crippen MR) is 68.9 cm³/mol. The van der Waals surface area contributed by atoms with Gasteiger partial charge in [-0.05, 0) is 37.1 Å². The van der Waals surface area contributed by atoms with Gasteiger partial charge in [-0.1, -0.05) is 32.4 Å². The summed E-state index contributed by atoms with van der Waals surface area (Å²) in [4.78, 5) is 0. The van der Waals surface area contributed by atoms with Crippen LogP contribution in [0.25, 0.3) is 0 Å². The van der Waals surface area contributed by atoms with Crippen molar-refractivity contribution in [2.24, 2.45) is 5.92 Å². The topological polar surface area (TPSA) is 21.3 Å². The molecule has 0 aliphatic heterocycles. The van der Waals surface area contributed by atoms with Gasteiger partial charge in [0.05, 0.1) is 0 Å². The van der Waals surface area contributed by atoms with Crippen molar-refractivity contribution in [2.75, 3.05) is 6.54 Å². The van der Waals surface area contributed by atoms with E-state index in [1.807, 2.05) is 13.0 Å². The Labute approximate surface area is 107 Å². The molecular weight excluding hydrogens is 236 g/mol.